The number of hydrogen-bond donors (Lipinski definition) is 2. The molecule has 0 radical (unpaired) electrons. The summed E-state index contributed by atoms with van der Waals surface area (Å²) in [5, 5.41) is 13.0. The van der Waals surface area contributed by atoms with Gasteiger partial charge in [-0.15, -0.1) is 0 Å². The van der Waals surface area contributed by atoms with Crippen molar-refractivity contribution >= 4 is 46.0 Å². The second kappa shape index (κ2) is 13.1. The van der Waals surface area contributed by atoms with Crippen molar-refractivity contribution in [3.05, 3.63) is 98.7 Å². The average molecular weight is 595 g/mol. The van der Waals surface area contributed by atoms with E-state index in [9.17, 15) is 9.59 Å². The maximum Gasteiger partial charge on any atom is 0.308 e. The van der Waals surface area contributed by atoms with Crippen molar-refractivity contribution in [1.29, 1.82) is 0 Å². The molecular formula is C33H37Cl2N3O3. The molecule has 0 fully saturated rings. The van der Waals surface area contributed by atoms with Crippen LogP contribution in [0.15, 0.2) is 60.7 Å². The second-order valence-corrected chi connectivity index (χ2v) is 12.3. The van der Waals surface area contributed by atoms with Gasteiger partial charge in [0, 0.05) is 28.4 Å². The van der Waals surface area contributed by atoms with Crippen molar-refractivity contribution in [1.82, 2.24) is 15.5 Å². The lowest BCUT2D eigenvalue weighted by Crippen LogP contribution is -2.29. The van der Waals surface area contributed by atoms with E-state index in [0.717, 1.165) is 46.1 Å². The Kier molecular flexibility index (Phi) is 9.77. The largest absolute Gasteiger partial charge is 0.460 e. The van der Waals surface area contributed by atoms with Crippen molar-refractivity contribution in [2.45, 2.75) is 71.3 Å². The summed E-state index contributed by atoms with van der Waals surface area (Å²) in [6.45, 7) is 9.87. The van der Waals surface area contributed by atoms with Crippen molar-refractivity contribution < 1.29 is 14.3 Å². The molecule has 2 atom stereocenters. The average Bonchev–Trinajstić information content (AvgIpc) is 3.32. The van der Waals surface area contributed by atoms with E-state index in [1.807, 2.05) is 70.2 Å². The number of ether oxygens (including phenoxy) is 1. The summed E-state index contributed by atoms with van der Waals surface area (Å²) in [5.41, 5.74) is 5.01. The molecule has 216 valence electrons. The fraction of sp³-hybridized carbons (Fsp3) is 0.364. The number of benzene rings is 3. The molecule has 0 aliphatic carbocycles. The molecular weight excluding hydrogens is 557 g/mol. The molecule has 0 spiro atoms. The van der Waals surface area contributed by atoms with Crippen LogP contribution in [0.3, 0.4) is 0 Å². The summed E-state index contributed by atoms with van der Waals surface area (Å²) < 4.78 is 5.31. The number of esters is 1. The van der Waals surface area contributed by atoms with E-state index in [2.05, 4.69) is 40.6 Å². The van der Waals surface area contributed by atoms with E-state index in [1.54, 1.807) is 0 Å². The maximum atomic E-state index is 12.8. The number of nitrogens with one attached hydrogen (secondary N) is 2. The molecule has 3 aromatic carbocycles. The van der Waals surface area contributed by atoms with Crippen LogP contribution in [0.25, 0.3) is 10.9 Å². The Morgan fingerprint density at radius 1 is 1.00 bits per heavy atom. The van der Waals surface area contributed by atoms with E-state index in [0.29, 0.717) is 15.6 Å². The summed E-state index contributed by atoms with van der Waals surface area (Å²) in [5.74, 6) is -0.533. The van der Waals surface area contributed by atoms with Gasteiger partial charge in [0.25, 0.3) is 5.91 Å². The number of carbonyl (C=O) groups excluding carboxylic acids is 2. The number of nitrogens with zero attached hydrogens (tertiary/aromatic N) is 1. The van der Waals surface area contributed by atoms with Gasteiger partial charge in [0.05, 0.1) is 17.1 Å². The minimum Gasteiger partial charge on any atom is -0.460 e. The molecule has 1 heterocycles. The molecule has 1 amide bonds. The van der Waals surface area contributed by atoms with Crippen molar-refractivity contribution in [2.75, 3.05) is 6.54 Å². The third kappa shape index (κ3) is 7.69. The smallest absolute Gasteiger partial charge is 0.308 e. The SMILES string of the molecule is CCCC(c1ccc(C(=O)NCCC(=O)OC(C)(C)C)cc1)C(c1ccc(Cl)cc1)c1[nH]nc2c(Cl)cc(C)cc12. The van der Waals surface area contributed by atoms with Gasteiger partial charge < -0.3 is 10.1 Å². The van der Waals surface area contributed by atoms with E-state index in [1.165, 1.54) is 0 Å². The van der Waals surface area contributed by atoms with Crippen LogP contribution in [0.4, 0.5) is 0 Å². The highest BCUT2D eigenvalue weighted by atomic mass is 35.5. The lowest BCUT2D eigenvalue weighted by molar-refractivity contribution is -0.154. The Balaban J connectivity index is 1.63. The van der Waals surface area contributed by atoms with Gasteiger partial charge >= 0.3 is 5.97 Å². The Morgan fingerprint density at radius 2 is 1.66 bits per heavy atom. The third-order valence-electron chi connectivity index (χ3n) is 6.96. The van der Waals surface area contributed by atoms with Gasteiger partial charge in [-0.05, 0) is 93.1 Å². The fourth-order valence-corrected chi connectivity index (χ4v) is 5.67. The molecule has 1 aromatic heterocycles. The normalized spacial score (nSPS) is 13.1. The van der Waals surface area contributed by atoms with Gasteiger partial charge in [0.2, 0.25) is 0 Å². The molecule has 4 aromatic rings. The standard InChI is InChI=1S/C33H37Cl2N3O3/c1-6-7-25(21-8-10-23(11-9-21)32(40)36-17-16-28(39)41-33(3,4)5)29(22-12-14-24(34)15-13-22)31-26-18-20(2)19-27(35)30(26)37-38-31/h8-15,18-19,25,29H,6-7,16-17H2,1-5H3,(H,36,40)(H,37,38). The lowest BCUT2D eigenvalue weighted by atomic mass is 9.76. The van der Waals surface area contributed by atoms with Crippen LogP contribution in [0.2, 0.25) is 10.0 Å². The number of amides is 1. The van der Waals surface area contributed by atoms with E-state index in [4.69, 9.17) is 27.9 Å². The summed E-state index contributed by atoms with van der Waals surface area (Å²) in [6, 6.07) is 19.7. The van der Waals surface area contributed by atoms with E-state index in [-0.39, 0.29) is 36.7 Å². The summed E-state index contributed by atoms with van der Waals surface area (Å²) >= 11 is 12.8. The second-order valence-electron chi connectivity index (χ2n) is 11.4. The predicted molar refractivity (Wildman–Crippen MR) is 166 cm³/mol. The highest BCUT2D eigenvalue weighted by Gasteiger charge is 2.30. The minimum atomic E-state index is -0.552. The highest BCUT2D eigenvalue weighted by Crippen LogP contribution is 2.44. The molecule has 8 heteroatoms. The zero-order chi connectivity index (χ0) is 29.7. The number of carbonyl (C=O) groups is 2. The summed E-state index contributed by atoms with van der Waals surface area (Å²) in [7, 11) is 0. The molecule has 0 saturated carbocycles. The van der Waals surface area contributed by atoms with Gasteiger partial charge in [0.15, 0.2) is 0 Å². The Morgan fingerprint density at radius 3 is 2.29 bits per heavy atom. The highest BCUT2D eigenvalue weighted by molar-refractivity contribution is 6.35. The van der Waals surface area contributed by atoms with Crippen LogP contribution in [-0.4, -0.2) is 34.2 Å². The topological polar surface area (TPSA) is 84.1 Å². The fourth-order valence-electron chi connectivity index (χ4n) is 5.23. The van der Waals surface area contributed by atoms with Gasteiger partial charge in [-0.2, -0.15) is 5.10 Å². The molecule has 0 bridgehead atoms. The van der Waals surface area contributed by atoms with Crippen LogP contribution < -0.4 is 5.32 Å². The number of aromatic amines is 1. The van der Waals surface area contributed by atoms with Crippen LogP contribution in [0.5, 0.6) is 0 Å². The number of halogens is 2. The third-order valence-corrected chi connectivity index (χ3v) is 7.50. The first kappa shape index (κ1) is 30.6. The molecule has 0 aliphatic rings. The van der Waals surface area contributed by atoms with Gasteiger partial charge in [0.1, 0.15) is 11.1 Å². The van der Waals surface area contributed by atoms with Gasteiger partial charge in [-0.3, -0.25) is 14.7 Å². The van der Waals surface area contributed by atoms with E-state index < -0.39 is 5.60 Å². The molecule has 0 saturated heterocycles. The van der Waals surface area contributed by atoms with Gasteiger partial charge in [-0.25, -0.2) is 0 Å². The predicted octanol–water partition coefficient (Wildman–Crippen LogP) is 8.36. The molecule has 2 N–H and O–H groups in total. The maximum absolute atomic E-state index is 12.8. The van der Waals surface area contributed by atoms with Gasteiger partial charge in [-0.1, -0.05) is 60.8 Å². The van der Waals surface area contributed by atoms with Crippen LogP contribution in [-0.2, 0) is 9.53 Å². The first-order valence-corrected chi connectivity index (χ1v) is 14.7. The van der Waals surface area contributed by atoms with E-state index >= 15 is 0 Å². The monoisotopic (exact) mass is 593 g/mol. The number of fused-ring (bicyclic) bond motifs is 1. The molecule has 6 nitrogen and oxygen atoms in total. The zero-order valence-corrected chi connectivity index (χ0v) is 25.7. The molecule has 2 unspecified atom stereocenters. The lowest BCUT2D eigenvalue weighted by Gasteiger charge is -2.28. The number of H-pyrrole nitrogens is 1. The Labute approximate surface area is 251 Å². The zero-order valence-electron chi connectivity index (χ0n) is 24.2. The number of hydrogen-bond acceptors (Lipinski definition) is 4. The summed E-state index contributed by atoms with van der Waals surface area (Å²) in [6.07, 6.45) is 1.99. The van der Waals surface area contributed by atoms with Crippen molar-refractivity contribution in [2.24, 2.45) is 0 Å². The minimum absolute atomic E-state index is 0.0522. The molecule has 41 heavy (non-hydrogen) atoms. The first-order chi connectivity index (χ1) is 19.5. The first-order valence-electron chi connectivity index (χ1n) is 14.0. The Hall–Kier alpha value is -3.35. The quantitative estimate of drug-likeness (QED) is 0.181. The summed E-state index contributed by atoms with van der Waals surface area (Å²) in [4.78, 5) is 24.8. The van der Waals surface area contributed by atoms with Crippen molar-refractivity contribution in [3.8, 4) is 0 Å². The Bertz CT molecular complexity index is 1510. The number of aromatic nitrogens is 2. The van der Waals surface area contributed by atoms with Crippen molar-refractivity contribution in [3.63, 3.8) is 0 Å². The molecule has 4 rings (SSSR count). The number of rotatable bonds is 10. The molecule has 0 aliphatic heterocycles. The van der Waals surface area contributed by atoms with Crippen LogP contribution >= 0.6 is 23.2 Å². The number of aryl methyl sites for hydroxylation is 1. The van der Waals surface area contributed by atoms with Crippen LogP contribution in [0, 0.1) is 6.92 Å². The van der Waals surface area contributed by atoms with Crippen LogP contribution in [0.1, 0.15) is 91.5 Å².